The molecule has 8 heteroatoms. The first-order valence-electron chi connectivity index (χ1n) is 11.9. The Hall–Kier alpha value is -2.68. The standard InChI is InChI=1S/C26H33N3O4S/c1-6-29(7-2)15-18-24(26(30)33-8-3)22(16-9-10-19(31-4)20(13-16)32-5)23-17-11-12-27-14-21(17)34-25(23)28-18/h9-10,13,27H,6-8,11-12,14-15H2,1-5H3. The maximum absolute atomic E-state index is 13.5. The molecule has 7 nitrogen and oxygen atoms in total. The van der Waals surface area contributed by atoms with Gasteiger partial charge < -0.3 is 19.5 Å². The van der Waals surface area contributed by atoms with Crippen LogP contribution in [0.4, 0.5) is 0 Å². The Balaban J connectivity index is 2.08. The molecule has 0 aliphatic carbocycles. The number of carbonyl (C=O) groups is 1. The molecule has 1 aliphatic heterocycles. The van der Waals surface area contributed by atoms with Crippen LogP contribution in [0.25, 0.3) is 21.3 Å². The number of benzene rings is 1. The van der Waals surface area contributed by atoms with E-state index < -0.39 is 0 Å². The zero-order valence-corrected chi connectivity index (χ0v) is 21.4. The second-order valence-corrected chi connectivity index (χ2v) is 9.25. The van der Waals surface area contributed by atoms with Gasteiger partial charge in [0.2, 0.25) is 0 Å². The highest BCUT2D eigenvalue weighted by atomic mass is 32.1. The van der Waals surface area contributed by atoms with Gasteiger partial charge in [0.25, 0.3) is 0 Å². The van der Waals surface area contributed by atoms with E-state index in [1.54, 1.807) is 25.6 Å². The van der Waals surface area contributed by atoms with Crippen LogP contribution in [-0.4, -0.2) is 56.3 Å². The van der Waals surface area contributed by atoms with Crippen LogP contribution in [0.5, 0.6) is 11.5 Å². The van der Waals surface area contributed by atoms with E-state index in [2.05, 4.69) is 24.1 Å². The Labute approximate surface area is 205 Å². The van der Waals surface area contributed by atoms with Crippen molar-refractivity contribution in [1.82, 2.24) is 15.2 Å². The summed E-state index contributed by atoms with van der Waals surface area (Å²) >= 11 is 1.72. The molecule has 4 rings (SSSR count). The van der Waals surface area contributed by atoms with Crippen molar-refractivity contribution in [2.75, 3.05) is 40.5 Å². The molecule has 0 saturated carbocycles. The fourth-order valence-electron chi connectivity index (χ4n) is 4.58. The van der Waals surface area contributed by atoms with Gasteiger partial charge in [-0.25, -0.2) is 9.78 Å². The van der Waals surface area contributed by atoms with Crippen LogP contribution >= 0.6 is 11.3 Å². The van der Waals surface area contributed by atoms with Gasteiger partial charge in [-0.2, -0.15) is 0 Å². The monoisotopic (exact) mass is 483 g/mol. The highest BCUT2D eigenvalue weighted by Crippen LogP contribution is 2.44. The molecular formula is C26H33N3O4S. The van der Waals surface area contributed by atoms with E-state index in [9.17, 15) is 4.79 Å². The lowest BCUT2D eigenvalue weighted by atomic mass is 9.91. The van der Waals surface area contributed by atoms with E-state index in [1.165, 1.54) is 10.4 Å². The molecule has 3 aromatic rings. The number of nitrogens with one attached hydrogen (secondary N) is 1. The third kappa shape index (κ3) is 4.50. The van der Waals surface area contributed by atoms with Crippen molar-refractivity contribution in [3.8, 4) is 22.6 Å². The Kier molecular flexibility index (Phi) is 7.70. The van der Waals surface area contributed by atoms with Gasteiger partial charge in [-0.3, -0.25) is 4.90 Å². The number of hydrogen-bond donors (Lipinski definition) is 1. The number of esters is 1. The van der Waals surface area contributed by atoms with E-state index in [-0.39, 0.29) is 5.97 Å². The van der Waals surface area contributed by atoms with Crippen LogP contribution in [0.2, 0.25) is 0 Å². The SMILES string of the molecule is CCOC(=O)c1c(CN(CC)CC)nc2sc3c(c2c1-c1ccc(OC)c(OC)c1)CCNC3. The second kappa shape index (κ2) is 10.7. The molecule has 0 radical (unpaired) electrons. The molecule has 3 heterocycles. The average Bonchev–Trinajstić information content (AvgIpc) is 3.24. The first-order chi connectivity index (χ1) is 16.6. The fourth-order valence-corrected chi connectivity index (χ4v) is 5.80. The number of fused-ring (bicyclic) bond motifs is 3. The van der Waals surface area contributed by atoms with Gasteiger partial charge in [0.15, 0.2) is 11.5 Å². The predicted octanol–water partition coefficient (Wildman–Crippen LogP) is 4.64. The molecule has 1 N–H and O–H groups in total. The van der Waals surface area contributed by atoms with Gasteiger partial charge in [0.05, 0.1) is 32.1 Å². The van der Waals surface area contributed by atoms with E-state index >= 15 is 0 Å². The minimum atomic E-state index is -0.335. The van der Waals surface area contributed by atoms with E-state index in [0.717, 1.165) is 59.6 Å². The summed E-state index contributed by atoms with van der Waals surface area (Å²) in [6.07, 6.45) is 0.898. The number of ether oxygens (including phenoxy) is 3. The van der Waals surface area contributed by atoms with Crippen molar-refractivity contribution in [3.63, 3.8) is 0 Å². The highest BCUT2D eigenvalue weighted by molar-refractivity contribution is 7.19. The maximum Gasteiger partial charge on any atom is 0.340 e. The van der Waals surface area contributed by atoms with Gasteiger partial charge in [0.1, 0.15) is 4.83 Å². The molecule has 0 atom stereocenters. The molecule has 182 valence electrons. The number of aromatic nitrogens is 1. The number of rotatable bonds is 9. The molecule has 0 amide bonds. The van der Waals surface area contributed by atoms with E-state index in [4.69, 9.17) is 19.2 Å². The minimum Gasteiger partial charge on any atom is -0.493 e. The van der Waals surface area contributed by atoms with E-state index in [1.807, 2.05) is 25.1 Å². The molecule has 2 aromatic heterocycles. The van der Waals surface area contributed by atoms with Crippen LogP contribution in [0, 0.1) is 0 Å². The summed E-state index contributed by atoms with van der Waals surface area (Å²) in [6, 6.07) is 5.83. The summed E-state index contributed by atoms with van der Waals surface area (Å²) in [4.78, 5) is 23.1. The van der Waals surface area contributed by atoms with Crippen LogP contribution < -0.4 is 14.8 Å². The second-order valence-electron chi connectivity index (χ2n) is 8.17. The zero-order valence-electron chi connectivity index (χ0n) is 20.6. The highest BCUT2D eigenvalue weighted by Gasteiger charge is 2.29. The number of methoxy groups -OCH3 is 2. The first-order valence-corrected chi connectivity index (χ1v) is 12.7. The topological polar surface area (TPSA) is 72.9 Å². The van der Waals surface area contributed by atoms with Gasteiger partial charge >= 0.3 is 5.97 Å². The van der Waals surface area contributed by atoms with Crippen molar-refractivity contribution < 1.29 is 19.0 Å². The summed E-state index contributed by atoms with van der Waals surface area (Å²) in [5, 5.41) is 4.52. The van der Waals surface area contributed by atoms with Crippen LogP contribution in [-0.2, 0) is 24.2 Å². The molecule has 0 unspecified atom stereocenters. The summed E-state index contributed by atoms with van der Waals surface area (Å²) < 4.78 is 16.7. The summed E-state index contributed by atoms with van der Waals surface area (Å²) in [7, 11) is 3.25. The number of hydrogen-bond acceptors (Lipinski definition) is 8. The minimum absolute atomic E-state index is 0.304. The Morgan fingerprint density at radius 3 is 2.59 bits per heavy atom. The zero-order chi connectivity index (χ0) is 24.2. The lowest BCUT2D eigenvalue weighted by molar-refractivity contribution is 0.0524. The maximum atomic E-state index is 13.5. The molecule has 0 saturated heterocycles. The summed E-state index contributed by atoms with van der Waals surface area (Å²) in [6.45, 7) is 10.4. The van der Waals surface area contributed by atoms with Gasteiger partial charge in [-0.1, -0.05) is 19.9 Å². The number of thiophene rings is 1. The van der Waals surface area contributed by atoms with Crippen LogP contribution in [0.15, 0.2) is 18.2 Å². The lowest BCUT2D eigenvalue weighted by Gasteiger charge is -2.22. The molecule has 0 fully saturated rings. The van der Waals surface area contributed by atoms with Crippen molar-refractivity contribution in [1.29, 1.82) is 0 Å². The Morgan fingerprint density at radius 1 is 1.15 bits per heavy atom. The Morgan fingerprint density at radius 2 is 1.91 bits per heavy atom. The van der Waals surface area contributed by atoms with Crippen molar-refractivity contribution >= 4 is 27.5 Å². The Bertz CT molecular complexity index is 1190. The molecule has 0 spiro atoms. The van der Waals surface area contributed by atoms with Gasteiger partial charge in [-0.15, -0.1) is 11.3 Å². The normalized spacial score (nSPS) is 13.2. The number of pyridine rings is 1. The number of nitrogens with zero attached hydrogens (tertiary/aromatic N) is 2. The van der Waals surface area contributed by atoms with E-state index in [0.29, 0.717) is 30.2 Å². The van der Waals surface area contributed by atoms with Gasteiger partial charge in [0, 0.05) is 28.9 Å². The van der Waals surface area contributed by atoms with Crippen molar-refractivity contribution in [2.24, 2.45) is 0 Å². The molecule has 0 bridgehead atoms. The van der Waals surface area contributed by atoms with Crippen molar-refractivity contribution in [3.05, 3.63) is 39.9 Å². The summed E-state index contributed by atoms with van der Waals surface area (Å²) in [5.41, 5.74) is 4.36. The average molecular weight is 484 g/mol. The lowest BCUT2D eigenvalue weighted by Crippen LogP contribution is -2.25. The van der Waals surface area contributed by atoms with Crippen LogP contribution in [0.3, 0.4) is 0 Å². The van der Waals surface area contributed by atoms with Gasteiger partial charge in [-0.05, 0) is 56.2 Å². The fraction of sp³-hybridized carbons (Fsp3) is 0.462. The smallest absolute Gasteiger partial charge is 0.340 e. The molecule has 34 heavy (non-hydrogen) atoms. The first kappa shape index (κ1) is 24.4. The summed E-state index contributed by atoms with van der Waals surface area (Å²) in [5.74, 6) is 0.933. The predicted molar refractivity (Wildman–Crippen MR) is 136 cm³/mol. The molecular weight excluding hydrogens is 450 g/mol. The third-order valence-corrected chi connectivity index (χ3v) is 7.48. The van der Waals surface area contributed by atoms with Crippen molar-refractivity contribution in [2.45, 2.75) is 40.3 Å². The number of carbonyl (C=O) groups excluding carboxylic acids is 1. The quantitative estimate of drug-likeness (QED) is 0.444. The largest absolute Gasteiger partial charge is 0.493 e. The van der Waals surface area contributed by atoms with Crippen LogP contribution in [0.1, 0.15) is 47.3 Å². The molecule has 1 aromatic carbocycles. The third-order valence-electron chi connectivity index (χ3n) is 6.35. The molecule has 1 aliphatic rings.